The van der Waals surface area contributed by atoms with Crippen molar-refractivity contribution in [3.63, 3.8) is 0 Å². The summed E-state index contributed by atoms with van der Waals surface area (Å²) in [7, 11) is 2.09. The molecule has 144 valence electrons. The second kappa shape index (κ2) is 8.76. The summed E-state index contributed by atoms with van der Waals surface area (Å²) < 4.78 is 0. The maximum atomic E-state index is 5.92. The summed E-state index contributed by atoms with van der Waals surface area (Å²) in [6.07, 6.45) is 6.36. The van der Waals surface area contributed by atoms with Crippen molar-refractivity contribution >= 4 is 33.8 Å². The van der Waals surface area contributed by atoms with E-state index < -0.39 is 0 Å². The highest BCUT2D eigenvalue weighted by Crippen LogP contribution is 2.29. The molecule has 0 radical (unpaired) electrons. The first-order valence-electron chi connectivity index (χ1n) is 9.93. The smallest absolute Gasteiger partial charge is 0.128 e. The van der Waals surface area contributed by atoms with Crippen LogP contribution in [0.2, 0.25) is 5.02 Å². The summed E-state index contributed by atoms with van der Waals surface area (Å²) >= 11 is 5.92. The molecule has 3 nitrogen and oxygen atoms in total. The van der Waals surface area contributed by atoms with Crippen LogP contribution >= 0.6 is 11.6 Å². The molecule has 0 bridgehead atoms. The molecule has 0 N–H and O–H groups in total. The van der Waals surface area contributed by atoms with Crippen molar-refractivity contribution in [2.24, 2.45) is 0 Å². The Morgan fingerprint density at radius 1 is 1.07 bits per heavy atom. The van der Waals surface area contributed by atoms with Crippen LogP contribution in [0.1, 0.15) is 18.4 Å². The quantitative estimate of drug-likeness (QED) is 0.552. The van der Waals surface area contributed by atoms with Crippen LogP contribution < -0.4 is 4.90 Å². The van der Waals surface area contributed by atoms with Gasteiger partial charge in [-0.1, -0.05) is 60.1 Å². The monoisotopic (exact) mass is 391 g/mol. The van der Waals surface area contributed by atoms with Crippen LogP contribution in [0.5, 0.6) is 0 Å². The summed E-state index contributed by atoms with van der Waals surface area (Å²) in [5.41, 5.74) is 2.88. The predicted molar refractivity (Wildman–Crippen MR) is 120 cm³/mol. The summed E-state index contributed by atoms with van der Waals surface area (Å²) in [5.74, 6) is 0.973. The van der Waals surface area contributed by atoms with Gasteiger partial charge in [0, 0.05) is 39.4 Å². The van der Waals surface area contributed by atoms with E-state index in [1.54, 1.807) is 6.20 Å². The molecule has 4 heteroatoms. The van der Waals surface area contributed by atoms with Gasteiger partial charge in [0.25, 0.3) is 0 Å². The van der Waals surface area contributed by atoms with Crippen molar-refractivity contribution in [1.82, 2.24) is 9.88 Å². The molecule has 3 aromatic rings. The molecule has 0 saturated heterocycles. The Bertz CT molecular complexity index is 960. The van der Waals surface area contributed by atoms with Gasteiger partial charge in [-0.05, 0) is 46.9 Å². The van der Waals surface area contributed by atoms with E-state index in [9.17, 15) is 0 Å². The average Bonchev–Trinajstić information content (AvgIpc) is 2.74. The second-order valence-corrected chi connectivity index (χ2v) is 7.85. The molecule has 1 aliphatic heterocycles. The average molecular weight is 392 g/mol. The van der Waals surface area contributed by atoms with Crippen molar-refractivity contribution in [2.75, 3.05) is 38.1 Å². The van der Waals surface area contributed by atoms with Crippen molar-refractivity contribution in [3.05, 3.63) is 77.5 Å². The third kappa shape index (κ3) is 4.37. The molecule has 1 aromatic heterocycles. The molecular weight excluding hydrogens is 366 g/mol. The summed E-state index contributed by atoms with van der Waals surface area (Å²) in [6.45, 7) is 4.25. The SMILES string of the molecule is CN(CCCN1CC=C(c2cccc3ccccc23)CC1)c1ccc(Cl)cn1. The Hall–Kier alpha value is -2.36. The largest absolute Gasteiger partial charge is 0.360 e. The lowest BCUT2D eigenvalue weighted by Gasteiger charge is -2.28. The molecule has 28 heavy (non-hydrogen) atoms. The van der Waals surface area contributed by atoms with Crippen LogP contribution in [0.15, 0.2) is 66.9 Å². The molecule has 0 atom stereocenters. The number of pyridine rings is 1. The minimum Gasteiger partial charge on any atom is -0.360 e. The van der Waals surface area contributed by atoms with Crippen LogP contribution in [-0.4, -0.2) is 43.1 Å². The number of rotatable bonds is 6. The van der Waals surface area contributed by atoms with Gasteiger partial charge in [-0.15, -0.1) is 0 Å². The number of hydrogen-bond donors (Lipinski definition) is 0. The van der Waals surface area contributed by atoms with Gasteiger partial charge < -0.3 is 4.90 Å². The number of aromatic nitrogens is 1. The maximum absolute atomic E-state index is 5.92. The van der Waals surface area contributed by atoms with Gasteiger partial charge in [0.2, 0.25) is 0 Å². The highest BCUT2D eigenvalue weighted by atomic mass is 35.5. The first-order chi connectivity index (χ1) is 13.7. The molecule has 0 unspecified atom stereocenters. The van der Waals surface area contributed by atoms with E-state index in [0.717, 1.165) is 44.8 Å². The van der Waals surface area contributed by atoms with Crippen LogP contribution in [0.3, 0.4) is 0 Å². The van der Waals surface area contributed by atoms with E-state index in [1.807, 2.05) is 12.1 Å². The fourth-order valence-electron chi connectivity index (χ4n) is 3.90. The molecule has 0 spiro atoms. The van der Waals surface area contributed by atoms with Gasteiger partial charge >= 0.3 is 0 Å². The van der Waals surface area contributed by atoms with Crippen molar-refractivity contribution in [2.45, 2.75) is 12.8 Å². The number of nitrogens with zero attached hydrogens (tertiary/aromatic N) is 3. The van der Waals surface area contributed by atoms with Crippen molar-refractivity contribution in [1.29, 1.82) is 0 Å². The number of benzene rings is 2. The van der Waals surface area contributed by atoms with Gasteiger partial charge in [-0.3, -0.25) is 4.90 Å². The molecule has 2 aromatic carbocycles. The van der Waals surface area contributed by atoms with E-state index in [1.165, 1.54) is 21.9 Å². The fourth-order valence-corrected chi connectivity index (χ4v) is 4.02. The molecule has 2 heterocycles. The lowest BCUT2D eigenvalue weighted by Crippen LogP contribution is -2.32. The minimum absolute atomic E-state index is 0.680. The lowest BCUT2D eigenvalue weighted by molar-refractivity contribution is 0.299. The normalized spacial score (nSPS) is 14.9. The van der Waals surface area contributed by atoms with E-state index in [4.69, 9.17) is 11.6 Å². The van der Waals surface area contributed by atoms with E-state index in [0.29, 0.717) is 5.02 Å². The predicted octanol–water partition coefficient (Wildman–Crippen LogP) is 5.50. The first-order valence-corrected chi connectivity index (χ1v) is 10.3. The van der Waals surface area contributed by atoms with Crippen LogP contribution in [0.4, 0.5) is 5.82 Å². The Morgan fingerprint density at radius 2 is 1.93 bits per heavy atom. The van der Waals surface area contributed by atoms with Crippen LogP contribution in [-0.2, 0) is 0 Å². The summed E-state index contributed by atoms with van der Waals surface area (Å²) in [4.78, 5) is 9.11. The third-order valence-corrected chi connectivity index (χ3v) is 5.72. The maximum Gasteiger partial charge on any atom is 0.128 e. The zero-order valence-electron chi connectivity index (χ0n) is 16.3. The zero-order chi connectivity index (χ0) is 19.3. The zero-order valence-corrected chi connectivity index (χ0v) is 17.1. The molecule has 0 aliphatic carbocycles. The van der Waals surface area contributed by atoms with E-state index in [-0.39, 0.29) is 0 Å². The molecule has 0 amide bonds. The third-order valence-electron chi connectivity index (χ3n) is 5.50. The fraction of sp³-hybridized carbons (Fsp3) is 0.292. The molecule has 0 saturated carbocycles. The van der Waals surface area contributed by atoms with E-state index in [2.05, 4.69) is 70.4 Å². The van der Waals surface area contributed by atoms with Gasteiger partial charge in [0.05, 0.1) is 5.02 Å². The molecule has 4 rings (SSSR count). The van der Waals surface area contributed by atoms with Gasteiger partial charge in [0.15, 0.2) is 0 Å². The van der Waals surface area contributed by atoms with Crippen molar-refractivity contribution in [3.8, 4) is 0 Å². The first kappa shape index (κ1) is 19.0. The Balaban J connectivity index is 1.32. The molecular formula is C24H26ClN3. The van der Waals surface area contributed by atoms with Gasteiger partial charge in [0.1, 0.15) is 5.82 Å². The summed E-state index contributed by atoms with van der Waals surface area (Å²) in [5, 5.41) is 3.36. The number of fused-ring (bicyclic) bond motifs is 1. The van der Waals surface area contributed by atoms with Gasteiger partial charge in [-0.25, -0.2) is 4.98 Å². The highest BCUT2D eigenvalue weighted by Gasteiger charge is 2.14. The van der Waals surface area contributed by atoms with E-state index >= 15 is 0 Å². The minimum atomic E-state index is 0.680. The Kier molecular flexibility index (Phi) is 5.94. The Labute approximate surface area is 172 Å². The Morgan fingerprint density at radius 3 is 2.71 bits per heavy atom. The molecule has 0 fully saturated rings. The van der Waals surface area contributed by atoms with Gasteiger partial charge in [-0.2, -0.15) is 0 Å². The lowest BCUT2D eigenvalue weighted by atomic mass is 9.94. The standard InChI is InChI=1S/C24H26ClN3/c1-27(24-11-10-21(25)18-26-24)14-5-15-28-16-12-20(13-17-28)23-9-4-7-19-6-2-3-8-22(19)23/h2-4,6-12,18H,5,13-17H2,1H3. The van der Waals surface area contributed by atoms with Crippen molar-refractivity contribution < 1.29 is 0 Å². The number of anilines is 1. The second-order valence-electron chi connectivity index (χ2n) is 7.42. The number of halogens is 1. The number of hydrogen-bond acceptors (Lipinski definition) is 3. The highest BCUT2D eigenvalue weighted by molar-refractivity contribution is 6.30. The summed E-state index contributed by atoms with van der Waals surface area (Å²) in [6, 6.07) is 19.2. The van der Waals surface area contributed by atoms with Crippen LogP contribution in [0, 0.1) is 0 Å². The molecule has 1 aliphatic rings. The van der Waals surface area contributed by atoms with Crippen LogP contribution in [0.25, 0.3) is 16.3 Å². The topological polar surface area (TPSA) is 19.4 Å².